The first-order valence-corrected chi connectivity index (χ1v) is 7.14. The molecule has 0 rings (SSSR count). The Kier molecular flexibility index (Phi) is 10.5. The van der Waals surface area contributed by atoms with Crippen molar-refractivity contribution >= 4 is 5.78 Å². The lowest BCUT2D eigenvalue weighted by Gasteiger charge is -2.06. The smallest absolute Gasteiger partial charge is 0.135 e. The zero-order valence-corrected chi connectivity index (χ0v) is 12.1. The van der Waals surface area contributed by atoms with Crippen molar-refractivity contribution in [3.05, 3.63) is 0 Å². The highest BCUT2D eigenvalue weighted by Crippen LogP contribution is 2.07. The molecule has 0 aromatic rings. The Hall–Kier alpha value is -0.370. The van der Waals surface area contributed by atoms with E-state index in [9.17, 15) is 4.79 Å². The number of ketones is 1. The number of hydrogen-bond acceptors (Lipinski definition) is 2. The molecule has 17 heavy (non-hydrogen) atoms. The van der Waals surface area contributed by atoms with Crippen molar-refractivity contribution in [2.24, 2.45) is 11.8 Å². The second-order valence-corrected chi connectivity index (χ2v) is 5.58. The molecule has 0 bridgehead atoms. The van der Waals surface area contributed by atoms with Crippen LogP contribution in [0.1, 0.15) is 66.2 Å². The fraction of sp³-hybridized carbons (Fsp3) is 0.933. The van der Waals surface area contributed by atoms with Crippen LogP contribution < -0.4 is 0 Å². The van der Waals surface area contributed by atoms with Crippen molar-refractivity contribution in [1.82, 2.24) is 0 Å². The highest BCUT2D eigenvalue weighted by atomic mass is 16.5. The molecule has 0 fully saturated rings. The van der Waals surface area contributed by atoms with E-state index in [0.29, 0.717) is 12.2 Å². The van der Waals surface area contributed by atoms with Gasteiger partial charge in [0.2, 0.25) is 0 Å². The summed E-state index contributed by atoms with van der Waals surface area (Å²) < 4.78 is 5.55. The highest BCUT2D eigenvalue weighted by molar-refractivity contribution is 5.80. The average molecular weight is 242 g/mol. The fourth-order valence-corrected chi connectivity index (χ4v) is 1.65. The molecule has 2 heteroatoms. The highest BCUT2D eigenvalue weighted by Gasteiger charge is 2.05. The van der Waals surface area contributed by atoms with Crippen LogP contribution in [0, 0.1) is 11.8 Å². The molecule has 0 spiro atoms. The molecule has 0 N–H and O–H groups in total. The monoisotopic (exact) mass is 242 g/mol. The first kappa shape index (κ1) is 16.6. The summed E-state index contributed by atoms with van der Waals surface area (Å²) in [5.41, 5.74) is 0. The van der Waals surface area contributed by atoms with Crippen molar-refractivity contribution in [2.45, 2.75) is 66.2 Å². The van der Waals surface area contributed by atoms with Gasteiger partial charge >= 0.3 is 0 Å². The maximum absolute atomic E-state index is 11.3. The van der Waals surface area contributed by atoms with Crippen molar-refractivity contribution in [2.75, 3.05) is 13.2 Å². The van der Waals surface area contributed by atoms with Crippen LogP contribution in [0.4, 0.5) is 0 Å². The molecule has 0 heterocycles. The number of unbranched alkanes of at least 4 members (excludes halogenated alkanes) is 2. The van der Waals surface area contributed by atoms with Gasteiger partial charge in [-0.25, -0.2) is 0 Å². The molecule has 0 radical (unpaired) electrons. The van der Waals surface area contributed by atoms with E-state index in [1.807, 2.05) is 13.8 Å². The molecule has 0 amide bonds. The van der Waals surface area contributed by atoms with Crippen molar-refractivity contribution in [1.29, 1.82) is 0 Å². The van der Waals surface area contributed by atoms with Crippen LogP contribution in [0.2, 0.25) is 0 Å². The minimum Gasteiger partial charge on any atom is -0.381 e. The van der Waals surface area contributed by atoms with Crippen LogP contribution in [-0.4, -0.2) is 19.0 Å². The molecule has 0 unspecified atom stereocenters. The second kappa shape index (κ2) is 10.8. The summed E-state index contributed by atoms with van der Waals surface area (Å²) in [5.74, 6) is 1.37. The van der Waals surface area contributed by atoms with Gasteiger partial charge in [0.05, 0.1) is 0 Å². The van der Waals surface area contributed by atoms with Gasteiger partial charge in [-0.15, -0.1) is 0 Å². The lowest BCUT2D eigenvalue weighted by molar-refractivity contribution is -0.122. The van der Waals surface area contributed by atoms with Gasteiger partial charge in [0, 0.05) is 25.6 Å². The summed E-state index contributed by atoms with van der Waals surface area (Å²) in [4.78, 5) is 11.3. The van der Waals surface area contributed by atoms with E-state index in [4.69, 9.17) is 4.74 Å². The Labute approximate surface area is 107 Å². The first-order chi connectivity index (χ1) is 8.04. The number of carbonyl (C=O) groups excluding carboxylic acids is 1. The molecule has 0 aromatic heterocycles. The second-order valence-electron chi connectivity index (χ2n) is 5.58. The van der Waals surface area contributed by atoms with Gasteiger partial charge in [0.15, 0.2) is 0 Å². The third kappa shape index (κ3) is 11.9. The van der Waals surface area contributed by atoms with Crippen molar-refractivity contribution < 1.29 is 9.53 Å². The normalized spacial score (nSPS) is 11.4. The predicted molar refractivity (Wildman–Crippen MR) is 73.2 cm³/mol. The molecule has 2 nitrogen and oxygen atoms in total. The van der Waals surface area contributed by atoms with Gasteiger partial charge < -0.3 is 4.74 Å². The zero-order valence-electron chi connectivity index (χ0n) is 12.1. The number of hydrogen-bond donors (Lipinski definition) is 0. The SMILES string of the molecule is CC(C)CCCCOCCCCC(=O)C(C)C. The molecule has 0 aromatic carbocycles. The van der Waals surface area contributed by atoms with Crippen LogP contribution in [-0.2, 0) is 9.53 Å². The topological polar surface area (TPSA) is 26.3 Å². The summed E-state index contributed by atoms with van der Waals surface area (Å²) in [7, 11) is 0. The van der Waals surface area contributed by atoms with Crippen molar-refractivity contribution in [3.8, 4) is 0 Å². The fourth-order valence-electron chi connectivity index (χ4n) is 1.65. The van der Waals surface area contributed by atoms with E-state index >= 15 is 0 Å². The lowest BCUT2D eigenvalue weighted by atomic mass is 10.0. The van der Waals surface area contributed by atoms with Crippen LogP contribution in [0.5, 0.6) is 0 Å². The summed E-state index contributed by atoms with van der Waals surface area (Å²) >= 11 is 0. The third-order valence-electron chi connectivity index (χ3n) is 2.93. The molecular formula is C15H30O2. The quantitative estimate of drug-likeness (QED) is 0.507. The van der Waals surface area contributed by atoms with Crippen LogP contribution >= 0.6 is 0 Å². The lowest BCUT2D eigenvalue weighted by Crippen LogP contribution is -2.07. The van der Waals surface area contributed by atoms with Gasteiger partial charge in [-0.2, -0.15) is 0 Å². The van der Waals surface area contributed by atoms with Crippen LogP contribution in [0.15, 0.2) is 0 Å². The summed E-state index contributed by atoms with van der Waals surface area (Å²) in [5, 5.41) is 0. The summed E-state index contributed by atoms with van der Waals surface area (Å²) in [6.07, 6.45) is 6.44. The van der Waals surface area contributed by atoms with E-state index in [-0.39, 0.29) is 5.92 Å². The van der Waals surface area contributed by atoms with E-state index in [1.54, 1.807) is 0 Å². The summed E-state index contributed by atoms with van der Waals surface area (Å²) in [6, 6.07) is 0. The largest absolute Gasteiger partial charge is 0.381 e. The third-order valence-corrected chi connectivity index (χ3v) is 2.93. The van der Waals surface area contributed by atoms with Crippen molar-refractivity contribution in [3.63, 3.8) is 0 Å². The van der Waals surface area contributed by atoms with Gasteiger partial charge in [0.1, 0.15) is 5.78 Å². The Morgan fingerprint density at radius 2 is 1.53 bits per heavy atom. The van der Waals surface area contributed by atoms with Gasteiger partial charge in [0.25, 0.3) is 0 Å². The van der Waals surface area contributed by atoms with Gasteiger partial charge in [-0.3, -0.25) is 4.79 Å². The predicted octanol–water partition coefficient (Wildman–Crippen LogP) is 4.22. The number of carbonyl (C=O) groups is 1. The molecule has 0 aliphatic carbocycles. The van der Waals surface area contributed by atoms with Crippen LogP contribution in [0.3, 0.4) is 0 Å². The number of Topliss-reactive ketones (excluding diaryl/α,β-unsaturated/α-hetero) is 1. The standard InChI is InChI=1S/C15H30O2/c1-13(2)9-5-7-11-17-12-8-6-10-15(16)14(3)4/h13-14H,5-12H2,1-4H3. The minimum atomic E-state index is 0.187. The van der Waals surface area contributed by atoms with Crippen LogP contribution in [0.25, 0.3) is 0 Å². The number of ether oxygens (including phenoxy) is 1. The van der Waals surface area contributed by atoms with Gasteiger partial charge in [-0.05, 0) is 25.2 Å². The van der Waals surface area contributed by atoms with Gasteiger partial charge in [-0.1, -0.05) is 40.5 Å². The van der Waals surface area contributed by atoms with E-state index in [2.05, 4.69) is 13.8 Å². The maximum atomic E-state index is 11.3. The number of rotatable bonds is 11. The van der Waals surface area contributed by atoms with E-state index in [0.717, 1.165) is 32.0 Å². The molecule has 0 saturated carbocycles. The zero-order chi connectivity index (χ0) is 13.1. The molecule has 0 saturated heterocycles. The molecule has 102 valence electrons. The Morgan fingerprint density at radius 3 is 2.06 bits per heavy atom. The Morgan fingerprint density at radius 1 is 0.941 bits per heavy atom. The molecule has 0 aliphatic rings. The van der Waals surface area contributed by atoms with E-state index < -0.39 is 0 Å². The Bertz CT molecular complexity index is 185. The average Bonchev–Trinajstić information content (AvgIpc) is 2.25. The first-order valence-electron chi connectivity index (χ1n) is 7.14. The maximum Gasteiger partial charge on any atom is 0.135 e. The minimum absolute atomic E-state index is 0.187. The summed E-state index contributed by atoms with van der Waals surface area (Å²) in [6.45, 7) is 10.1. The Balaban J connectivity index is 3.11. The van der Waals surface area contributed by atoms with E-state index in [1.165, 1.54) is 19.3 Å². The molecular weight excluding hydrogens is 212 g/mol. The molecule has 0 aliphatic heterocycles. The molecule has 0 atom stereocenters.